The lowest BCUT2D eigenvalue weighted by Gasteiger charge is -2.58. The summed E-state index contributed by atoms with van der Waals surface area (Å²) in [6, 6.07) is 0. The summed E-state index contributed by atoms with van der Waals surface area (Å²) in [7, 11) is 0. The fourth-order valence-electron chi connectivity index (χ4n) is 8.97. The number of alkyl halides is 2. The van der Waals surface area contributed by atoms with Gasteiger partial charge in [0.05, 0.1) is 0 Å². The van der Waals surface area contributed by atoms with Crippen LogP contribution in [0.25, 0.3) is 0 Å². The lowest BCUT2D eigenvalue weighted by molar-refractivity contribution is -0.149. The number of ether oxygens (including phenoxy) is 1. The van der Waals surface area contributed by atoms with Crippen LogP contribution in [0, 0.1) is 46.3 Å². The first kappa shape index (κ1) is 25.9. The molecule has 0 radical (unpaired) electrons. The predicted octanol–water partition coefficient (Wildman–Crippen LogP) is 8.74. The maximum atomic E-state index is 11.9. The van der Waals surface area contributed by atoms with Crippen LogP contribution in [0.3, 0.4) is 0 Å². The topological polar surface area (TPSA) is 26.3 Å². The van der Waals surface area contributed by atoms with E-state index in [1.54, 1.807) is 0 Å². The minimum Gasteiger partial charge on any atom is -0.460 e. The Bertz CT molecular complexity index is 746. The molecule has 0 bridgehead atoms. The highest BCUT2D eigenvalue weighted by Crippen LogP contribution is 2.67. The molecule has 0 amide bonds. The van der Waals surface area contributed by atoms with Crippen molar-refractivity contribution in [3.05, 3.63) is 11.6 Å². The molecule has 8 atom stereocenters. The summed E-state index contributed by atoms with van der Waals surface area (Å²) >= 11 is 11.4. The number of halogens is 2. The van der Waals surface area contributed by atoms with Gasteiger partial charge in [-0.2, -0.15) is 0 Å². The fraction of sp³-hybridized carbons (Fsp3) is 0.897. The Kier molecular flexibility index (Phi) is 7.87. The first-order valence-electron chi connectivity index (χ1n) is 13.7. The molecular weight excluding hydrogens is 451 g/mol. The highest BCUT2D eigenvalue weighted by atomic mass is 35.5. The van der Waals surface area contributed by atoms with Crippen molar-refractivity contribution < 1.29 is 9.53 Å². The Balaban J connectivity index is 1.45. The number of allylic oxidation sites excluding steroid dienone is 1. The third-order valence-electron chi connectivity index (χ3n) is 10.7. The van der Waals surface area contributed by atoms with Gasteiger partial charge < -0.3 is 4.74 Å². The van der Waals surface area contributed by atoms with Gasteiger partial charge in [-0.15, -0.1) is 0 Å². The number of hydrogen-bond acceptors (Lipinski definition) is 2. The van der Waals surface area contributed by atoms with Crippen molar-refractivity contribution in [1.82, 2.24) is 0 Å². The maximum Gasteiger partial charge on any atom is 0.339 e. The summed E-state index contributed by atoms with van der Waals surface area (Å²) in [5, 5.41) is 0. The highest BCUT2D eigenvalue weighted by Gasteiger charge is 2.59. The minimum atomic E-state index is -1.08. The van der Waals surface area contributed by atoms with E-state index in [2.05, 4.69) is 40.7 Å². The van der Waals surface area contributed by atoms with E-state index in [1.165, 1.54) is 56.9 Å². The second-order valence-electron chi connectivity index (χ2n) is 12.9. The average Bonchev–Trinajstić information content (AvgIpc) is 3.11. The van der Waals surface area contributed by atoms with Gasteiger partial charge in [-0.25, -0.2) is 4.79 Å². The van der Waals surface area contributed by atoms with Crippen LogP contribution in [-0.2, 0) is 9.53 Å². The van der Waals surface area contributed by atoms with Crippen molar-refractivity contribution in [2.45, 2.75) is 116 Å². The first-order chi connectivity index (χ1) is 15.6. The second-order valence-corrected chi connectivity index (χ2v) is 14.0. The molecule has 3 saturated carbocycles. The predicted molar refractivity (Wildman–Crippen MR) is 138 cm³/mol. The highest BCUT2D eigenvalue weighted by molar-refractivity contribution is 6.52. The first-order valence-corrected chi connectivity index (χ1v) is 14.6. The molecule has 188 valence electrons. The van der Waals surface area contributed by atoms with E-state index in [-0.39, 0.29) is 11.5 Å². The lowest BCUT2D eigenvalue weighted by atomic mass is 9.47. The van der Waals surface area contributed by atoms with E-state index < -0.39 is 10.8 Å². The molecule has 0 N–H and O–H groups in total. The van der Waals surface area contributed by atoms with Gasteiger partial charge in [-0.1, -0.05) is 88.7 Å². The zero-order valence-corrected chi connectivity index (χ0v) is 23.1. The SMILES string of the molecule is CC(C)CCC[C@H](C)[C@@H]1CC[C@@H]2[C@H]3CC=C4C[C@@H](OC(=O)C(Cl)Cl)CC[C@]4(C)[C@@H]3CC[C@]21C. The molecule has 0 aromatic heterocycles. The summed E-state index contributed by atoms with van der Waals surface area (Å²) in [5.74, 6) is 4.60. The van der Waals surface area contributed by atoms with Crippen molar-refractivity contribution in [3.63, 3.8) is 0 Å². The molecule has 0 saturated heterocycles. The van der Waals surface area contributed by atoms with Crippen LogP contribution in [0.2, 0.25) is 0 Å². The van der Waals surface area contributed by atoms with Crippen LogP contribution >= 0.6 is 23.2 Å². The molecule has 33 heavy (non-hydrogen) atoms. The molecule has 2 nitrogen and oxygen atoms in total. The van der Waals surface area contributed by atoms with Crippen LogP contribution in [-0.4, -0.2) is 16.9 Å². The van der Waals surface area contributed by atoms with Gasteiger partial charge in [0.1, 0.15) is 6.10 Å². The second kappa shape index (κ2) is 10.0. The van der Waals surface area contributed by atoms with E-state index in [9.17, 15) is 4.79 Å². The summed E-state index contributed by atoms with van der Waals surface area (Å²) < 4.78 is 5.61. The molecule has 0 aromatic rings. The minimum absolute atomic E-state index is 0.0650. The molecule has 0 aliphatic heterocycles. The van der Waals surface area contributed by atoms with Gasteiger partial charge in [0.15, 0.2) is 0 Å². The lowest BCUT2D eigenvalue weighted by Crippen LogP contribution is -2.51. The number of carbonyl (C=O) groups is 1. The van der Waals surface area contributed by atoms with Gasteiger partial charge in [-0.05, 0) is 91.3 Å². The summed E-state index contributed by atoms with van der Waals surface area (Å²) in [4.78, 5) is 10.8. The number of esters is 1. The van der Waals surface area contributed by atoms with Crippen molar-refractivity contribution in [2.24, 2.45) is 46.3 Å². The molecule has 0 heterocycles. The third kappa shape index (κ3) is 4.91. The van der Waals surface area contributed by atoms with Gasteiger partial charge in [0.25, 0.3) is 0 Å². The fourth-order valence-corrected chi connectivity index (χ4v) is 9.07. The van der Waals surface area contributed by atoms with Crippen molar-refractivity contribution >= 4 is 29.2 Å². The van der Waals surface area contributed by atoms with E-state index in [1.807, 2.05) is 0 Å². The van der Waals surface area contributed by atoms with E-state index in [4.69, 9.17) is 27.9 Å². The van der Waals surface area contributed by atoms with Crippen LogP contribution in [0.15, 0.2) is 11.6 Å². The molecule has 4 heteroatoms. The van der Waals surface area contributed by atoms with Crippen LogP contribution in [0.4, 0.5) is 0 Å². The molecule has 3 fully saturated rings. The molecule has 4 aliphatic rings. The Hall–Kier alpha value is -0.210. The zero-order valence-electron chi connectivity index (χ0n) is 21.5. The molecular formula is C29H46Cl2O2. The van der Waals surface area contributed by atoms with Crippen molar-refractivity contribution in [2.75, 3.05) is 0 Å². The normalized spacial score (nSPS) is 41.2. The summed E-state index contributed by atoms with van der Waals surface area (Å²) in [5.41, 5.74) is 2.34. The van der Waals surface area contributed by atoms with Gasteiger partial charge in [-0.3, -0.25) is 0 Å². The van der Waals surface area contributed by atoms with E-state index in [0.717, 1.165) is 54.8 Å². The number of rotatable bonds is 7. The molecule has 4 rings (SSSR count). The Labute approximate surface area is 212 Å². The zero-order chi connectivity index (χ0) is 24.0. The maximum absolute atomic E-state index is 11.9. The van der Waals surface area contributed by atoms with Crippen molar-refractivity contribution in [1.29, 1.82) is 0 Å². The Morgan fingerprint density at radius 3 is 2.52 bits per heavy atom. The molecule has 0 spiro atoms. The summed E-state index contributed by atoms with van der Waals surface area (Å²) in [6.07, 6.45) is 16.4. The third-order valence-corrected chi connectivity index (χ3v) is 11.1. The van der Waals surface area contributed by atoms with E-state index in [0.29, 0.717) is 5.41 Å². The number of carbonyl (C=O) groups excluding carboxylic acids is 1. The monoisotopic (exact) mass is 496 g/mol. The number of hydrogen-bond donors (Lipinski definition) is 0. The van der Waals surface area contributed by atoms with Crippen molar-refractivity contribution in [3.8, 4) is 0 Å². The molecule has 4 aliphatic carbocycles. The summed E-state index contributed by atoms with van der Waals surface area (Å²) in [6.45, 7) is 12.4. The van der Waals surface area contributed by atoms with Crippen LogP contribution in [0.1, 0.15) is 105 Å². The molecule has 0 unspecified atom stereocenters. The van der Waals surface area contributed by atoms with Gasteiger partial charge in [0, 0.05) is 6.42 Å². The molecule has 0 aromatic carbocycles. The number of fused-ring (bicyclic) bond motifs is 5. The smallest absolute Gasteiger partial charge is 0.339 e. The van der Waals surface area contributed by atoms with E-state index >= 15 is 0 Å². The van der Waals surface area contributed by atoms with Crippen LogP contribution in [0.5, 0.6) is 0 Å². The Morgan fingerprint density at radius 1 is 1.06 bits per heavy atom. The average molecular weight is 498 g/mol. The largest absolute Gasteiger partial charge is 0.460 e. The Morgan fingerprint density at radius 2 is 1.82 bits per heavy atom. The standard InChI is InChI=1S/C29H46Cl2O2/c1-18(2)7-6-8-19(3)23-11-12-24-22-10-9-20-17-21(33-27(32)26(30)31)13-15-28(20,4)25(22)14-16-29(23,24)5/h9,18-19,21-26H,6-8,10-17H2,1-5H3/t19-,21-,22+,23-,24+,25+,28-,29-/m0/s1. The van der Waals surface area contributed by atoms with Gasteiger partial charge >= 0.3 is 5.97 Å². The quantitative estimate of drug-likeness (QED) is 0.200. The van der Waals surface area contributed by atoms with Gasteiger partial charge in [0.2, 0.25) is 4.84 Å². The van der Waals surface area contributed by atoms with Crippen LogP contribution < -0.4 is 0 Å².